The largest absolute Gasteiger partial charge is 0.405 e. The number of nitrogens with one attached hydrogen (secondary N) is 2. The second-order valence-electron chi connectivity index (χ2n) is 2.96. The van der Waals surface area contributed by atoms with Gasteiger partial charge in [-0.3, -0.25) is 5.10 Å². The van der Waals surface area contributed by atoms with Crippen molar-refractivity contribution in [2.75, 3.05) is 11.9 Å². The minimum atomic E-state index is -4.26. The zero-order chi connectivity index (χ0) is 10.9. The maximum Gasteiger partial charge on any atom is 0.405 e. The van der Waals surface area contributed by atoms with Gasteiger partial charge in [0.25, 0.3) is 0 Å². The number of anilines is 1. The first kappa shape index (κ1) is 9.75. The van der Waals surface area contributed by atoms with Crippen LogP contribution >= 0.6 is 0 Å². The van der Waals surface area contributed by atoms with Crippen LogP contribution in [-0.4, -0.2) is 27.9 Å². The average Bonchev–Trinajstić information content (AvgIpc) is 2.61. The Hall–Kier alpha value is -1.79. The highest BCUT2D eigenvalue weighted by molar-refractivity contribution is 5.88. The van der Waals surface area contributed by atoms with Gasteiger partial charge < -0.3 is 5.32 Å². The lowest BCUT2D eigenvalue weighted by molar-refractivity contribution is -0.115. The van der Waals surface area contributed by atoms with E-state index in [1.807, 2.05) is 0 Å². The number of nitrogens with zero attached hydrogens (tertiary/aromatic N) is 2. The highest BCUT2D eigenvalue weighted by atomic mass is 19.4. The highest BCUT2D eigenvalue weighted by Crippen LogP contribution is 2.20. The number of fused-ring (bicyclic) bond motifs is 1. The van der Waals surface area contributed by atoms with Gasteiger partial charge in [-0.05, 0) is 6.07 Å². The van der Waals surface area contributed by atoms with E-state index >= 15 is 0 Å². The molecule has 0 spiro atoms. The van der Waals surface area contributed by atoms with Crippen LogP contribution < -0.4 is 5.32 Å². The smallest absolute Gasteiger partial charge is 0.361 e. The summed E-state index contributed by atoms with van der Waals surface area (Å²) < 4.78 is 35.9. The third kappa shape index (κ3) is 2.17. The lowest BCUT2D eigenvalue weighted by Crippen LogP contribution is -2.21. The van der Waals surface area contributed by atoms with E-state index in [0.717, 1.165) is 0 Å². The molecule has 15 heavy (non-hydrogen) atoms. The minimum Gasteiger partial charge on any atom is -0.361 e. The van der Waals surface area contributed by atoms with E-state index < -0.39 is 12.7 Å². The van der Waals surface area contributed by atoms with Crippen molar-refractivity contribution in [1.82, 2.24) is 15.2 Å². The number of aromatic amines is 1. The van der Waals surface area contributed by atoms with Gasteiger partial charge in [0.1, 0.15) is 12.4 Å². The van der Waals surface area contributed by atoms with E-state index in [1.54, 1.807) is 6.07 Å². The standard InChI is InChI=1S/C8H7F3N4/c9-8(10,11)4-13-7-5-3-14-15-6(5)1-2-12-7/h1-3H,4H2,(H,12,13)(H,14,15). The van der Waals surface area contributed by atoms with Gasteiger partial charge in [0.15, 0.2) is 0 Å². The third-order valence-corrected chi connectivity index (χ3v) is 1.83. The van der Waals surface area contributed by atoms with Gasteiger partial charge in [0.05, 0.1) is 17.1 Å². The molecule has 2 N–H and O–H groups in total. The Bertz CT molecular complexity index is 462. The SMILES string of the molecule is FC(F)(F)CNc1nccc2[nH]ncc12. The summed E-state index contributed by atoms with van der Waals surface area (Å²) in [7, 11) is 0. The molecule has 2 aromatic heterocycles. The van der Waals surface area contributed by atoms with Gasteiger partial charge in [-0.15, -0.1) is 0 Å². The van der Waals surface area contributed by atoms with Gasteiger partial charge >= 0.3 is 6.18 Å². The predicted octanol–water partition coefficient (Wildman–Crippen LogP) is 1.93. The number of H-pyrrole nitrogens is 1. The summed E-state index contributed by atoms with van der Waals surface area (Å²) in [6.45, 7) is -1.11. The maximum atomic E-state index is 12.0. The van der Waals surface area contributed by atoms with Crippen LogP contribution in [0, 0.1) is 0 Å². The van der Waals surface area contributed by atoms with Gasteiger partial charge in [-0.25, -0.2) is 4.98 Å². The van der Waals surface area contributed by atoms with E-state index in [4.69, 9.17) is 0 Å². The first-order chi connectivity index (χ1) is 7.06. The van der Waals surface area contributed by atoms with Gasteiger partial charge in [-0.1, -0.05) is 0 Å². The second kappa shape index (κ2) is 3.41. The Kier molecular flexibility index (Phi) is 2.22. The van der Waals surface area contributed by atoms with Crippen molar-refractivity contribution in [3.8, 4) is 0 Å². The summed E-state index contributed by atoms with van der Waals surface area (Å²) in [6, 6.07) is 1.64. The van der Waals surface area contributed by atoms with E-state index in [1.165, 1.54) is 12.4 Å². The Balaban J connectivity index is 2.24. The molecule has 7 heteroatoms. The Morgan fingerprint density at radius 2 is 2.20 bits per heavy atom. The summed E-state index contributed by atoms with van der Waals surface area (Å²) in [6.07, 6.45) is -1.41. The molecule has 0 fully saturated rings. The van der Waals surface area contributed by atoms with E-state index in [2.05, 4.69) is 20.5 Å². The molecule has 0 amide bonds. The fourth-order valence-electron chi connectivity index (χ4n) is 1.19. The summed E-state index contributed by atoms with van der Waals surface area (Å²) in [5.41, 5.74) is 0.648. The van der Waals surface area contributed by atoms with Crippen LogP contribution in [-0.2, 0) is 0 Å². The average molecular weight is 216 g/mol. The Labute approximate surface area is 82.5 Å². The topological polar surface area (TPSA) is 53.6 Å². The maximum absolute atomic E-state index is 12.0. The van der Waals surface area contributed by atoms with Crippen LogP contribution in [0.5, 0.6) is 0 Å². The molecule has 0 bridgehead atoms. The molecular weight excluding hydrogens is 209 g/mol. The van der Waals surface area contributed by atoms with Crippen molar-refractivity contribution < 1.29 is 13.2 Å². The number of alkyl halides is 3. The molecule has 0 unspecified atom stereocenters. The minimum absolute atomic E-state index is 0.179. The molecule has 0 saturated heterocycles. The van der Waals surface area contributed by atoms with Crippen LogP contribution in [0.15, 0.2) is 18.5 Å². The van der Waals surface area contributed by atoms with Crippen molar-refractivity contribution in [3.63, 3.8) is 0 Å². The highest BCUT2D eigenvalue weighted by Gasteiger charge is 2.27. The van der Waals surface area contributed by atoms with Crippen LogP contribution in [0.25, 0.3) is 10.9 Å². The quantitative estimate of drug-likeness (QED) is 0.806. The molecule has 0 aliphatic carbocycles. The molecule has 0 saturated carbocycles. The normalized spacial score (nSPS) is 11.9. The zero-order valence-electron chi connectivity index (χ0n) is 7.47. The summed E-state index contributed by atoms with van der Waals surface area (Å²) in [5.74, 6) is 0.179. The monoisotopic (exact) mass is 216 g/mol. The molecule has 2 heterocycles. The van der Waals surface area contributed by atoms with E-state index in [9.17, 15) is 13.2 Å². The first-order valence-corrected chi connectivity index (χ1v) is 4.15. The summed E-state index contributed by atoms with van der Waals surface area (Å²) in [5, 5.41) is 9.13. The van der Waals surface area contributed by atoms with Crippen molar-refractivity contribution in [2.45, 2.75) is 6.18 Å². The molecule has 0 radical (unpaired) electrons. The van der Waals surface area contributed by atoms with Crippen LogP contribution in [0.4, 0.5) is 19.0 Å². The number of rotatable bonds is 2. The molecular formula is C8H7F3N4. The Morgan fingerprint density at radius 1 is 1.40 bits per heavy atom. The number of hydrogen-bond acceptors (Lipinski definition) is 3. The number of aromatic nitrogens is 3. The molecule has 0 aromatic carbocycles. The van der Waals surface area contributed by atoms with E-state index in [-0.39, 0.29) is 5.82 Å². The molecule has 4 nitrogen and oxygen atoms in total. The van der Waals surface area contributed by atoms with Gasteiger partial charge in [0, 0.05) is 6.20 Å². The molecule has 80 valence electrons. The lowest BCUT2D eigenvalue weighted by atomic mass is 10.3. The molecule has 0 aliphatic heterocycles. The van der Waals surface area contributed by atoms with Crippen molar-refractivity contribution in [3.05, 3.63) is 18.5 Å². The molecule has 2 aromatic rings. The van der Waals surface area contributed by atoms with Gasteiger partial charge in [0.2, 0.25) is 0 Å². The molecule has 0 aliphatic rings. The van der Waals surface area contributed by atoms with Crippen LogP contribution in [0.3, 0.4) is 0 Å². The number of pyridine rings is 1. The molecule has 2 rings (SSSR count). The second-order valence-corrected chi connectivity index (χ2v) is 2.96. The lowest BCUT2D eigenvalue weighted by Gasteiger charge is -2.08. The van der Waals surface area contributed by atoms with Crippen molar-refractivity contribution in [2.24, 2.45) is 0 Å². The fourth-order valence-corrected chi connectivity index (χ4v) is 1.19. The Morgan fingerprint density at radius 3 is 2.93 bits per heavy atom. The predicted molar refractivity (Wildman–Crippen MR) is 48.4 cm³/mol. The van der Waals surface area contributed by atoms with Crippen LogP contribution in [0.1, 0.15) is 0 Å². The van der Waals surface area contributed by atoms with Crippen LogP contribution in [0.2, 0.25) is 0 Å². The number of halogens is 3. The molecule has 0 atom stereocenters. The summed E-state index contributed by atoms with van der Waals surface area (Å²) in [4.78, 5) is 3.81. The van der Waals surface area contributed by atoms with Crippen molar-refractivity contribution in [1.29, 1.82) is 0 Å². The zero-order valence-corrected chi connectivity index (χ0v) is 7.47. The van der Waals surface area contributed by atoms with Crippen molar-refractivity contribution >= 4 is 16.7 Å². The van der Waals surface area contributed by atoms with E-state index in [0.29, 0.717) is 10.9 Å². The van der Waals surface area contributed by atoms with Gasteiger partial charge in [-0.2, -0.15) is 18.3 Å². The first-order valence-electron chi connectivity index (χ1n) is 4.15. The number of hydrogen-bond donors (Lipinski definition) is 2. The summed E-state index contributed by atoms with van der Waals surface area (Å²) >= 11 is 0. The fraction of sp³-hybridized carbons (Fsp3) is 0.250. The third-order valence-electron chi connectivity index (χ3n) is 1.83.